The number of carbonyl (C=O) groups is 2. The van der Waals surface area contributed by atoms with Gasteiger partial charge in [0.25, 0.3) is 5.91 Å². The summed E-state index contributed by atoms with van der Waals surface area (Å²) in [6.07, 6.45) is 0. The van der Waals surface area contributed by atoms with Crippen molar-refractivity contribution in [1.29, 1.82) is 0 Å². The molecule has 0 saturated carbocycles. The molecule has 0 spiro atoms. The number of hydrogen-bond donors (Lipinski definition) is 2. The van der Waals surface area contributed by atoms with Gasteiger partial charge < -0.3 is 10.2 Å². The van der Waals surface area contributed by atoms with Gasteiger partial charge in [0, 0.05) is 0 Å². The van der Waals surface area contributed by atoms with Crippen molar-refractivity contribution < 1.29 is 14.0 Å². The summed E-state index contributed by atoms with van der Waals surface area (Å²) in [6, 6.07) is 3.19. The SMILES string of the molecule is Cc1nc(NC(=O)c2ccc(Br)o2)sc1SCC(N)=O. The molecular formula is C11H10BrN3O3S2. The quantitative estimate of drug-likeness (QED) is 0.782. The fourth-order valence-electron chi connectivity index (χ4n) is 1.30. The maximum Gasteiger partial charge on any atom is 0.293 e. The number of nitrogens with zero attached hydrogens (tertiary/aromatic N) is 1. The minimum absolute atomic E-state index is 0.182. The number of thiazole rings is 1. The van der Waals surface area contributed by atoms with Crippen LogP contribution in [0.2, 0.25) is 0 Å². The van der Waals surface area contributed by atoms with E-state index >= 15 is 0 Å². The van der Waals surface area contributed by atoms with E-state index in [2.05, 4.69) is 26.2 Å². The molecular weight excluding hydrogens is 366 g/mol. The number of aromatic nitrogens is 1. The predicted molar refractivity (Wildman–Crippen MR) is 81.1 cm³/mol. The first-order chi connectivity index (χ1) is 9.45. The summed E-state index contributed by atoms with van der Waals surface area (Å²) in [5.74, 6) is -0.401. The lowest BCUT2D eigenvalue weighted by Crippen LogP contribution is -2.12. The number of halogens is 1. The third-order valence-electron chi connectivity index (χ3n) is 2.12. The van der Waals surface area contributed by atoms with Crippen LogP contribution in [-0.4, -0.2) is 22.6 Å². The van der Waals surface area contributed by atoms with Gasteiger partial charge in [0.1, 0.15) is 0 Å². The fourth-order valence-corrected chi connectivity index (χ4v) is 3.48. The van der Waals surface area contributed by atoms with Crippen molar-refractivity contribution in [3.8, 4) is 0 Å². The van der Waals surface area contributed by atoms with E-state index in [0.29, 0.717) is 9.80 Å². The standard InChI is InChI=1S/C11H10BrN3O3S2/c1-5-10(19-4-8(13)16)20-11(14-5)15-9(17)6-2-3-7(12)18-6/h2-3H,4H2,1H3,(H2,13,16)(H,14,15,17). The van der Waals surface area contributed by atoms with E-state index in [1.54, 1.807) is 19.1 Å². The summed E-state index contributed by atoms with van der Waals surface area (Å²) >= 11 is 5.72. The first-order valence-electron chi connectivity index (χ1n) is 5.41. The molecule has 2 amide bonds. The van der Waals surface area contributed by atoms with Crippen molar-refractivity contribution in [1.82, 2.24) is 4.98 Å². The molecule has 0 atom stereocenters. The van der Waals surface area contributed by atoms with Crippen molar-refractivity contribution in [2.24, 2.45) is 5.73 Å². The minimum atomic E-state index is -0.395. The third kappa shape index (κ3) is 3.84. The summed E-state index contributed by atoms with van der Waals surface area (Å²) in [4.78, 5) is 26.9. The van der Waals surface area contributed by atoms with Crippen molar-refractivity contribution in [3.05, 3.63) is 28.3 Å². The van der Waals surface area contributed by atoms with Gasteiger partial charge in [-0.05, 0) is 35.0 Å². The Morgan fingerprint density at radius 1 is 1.55 bits per heavy atom. The van der Waals surface area contributed by atoms with Crippen molar-refractivity contribution in [3.63, 3.8) is 0 Å². The molecule has 6 nitrogen and oxygen atoms in total. The molecule has 2 aromatic rings. The first-order valence-corrected chi connectivity index (χ1v) is 8.00. The highest BCUT2D eigenvalue weighted by molar-refractivity contribution is 9.10. The lowest BCUT2D eigenvalue weighted by molar-refractivity contribution is -0.115. The Morgan fingerprint density at radius 2 is 2.30 bits per heavy atom. The van der Waals surface area contributed by atoms with Gasteiger partial charge in [0.15, 0.2) is 15.6 Å². The summed E-state index contributed by atoms with van der Waals surface area (Å²) in [7, 11) is 0. The predicted octanol–water partition coefficient (Wildman–Crippen LogP) is 2.64. The van der Waals surface area contributed by atoms with Gasteiger partial charge in [0.05, 0.1) is 15.7 Å². The number of furan rings is 1. The van der Waals surface area contributed by atoms with Crippen LogP contribution in [0.1, 0.15) is 16.2 Å². The number of rotatable bonds is 5. The molecule has 0 bridgehead atoms. The van der Waals surface area contributed by atoms with E-state index in [0.717, 1.165) is 9.90 Å². The molecule has 20 heavy (non-hydrogen) atoms. The Kier molecular flexibility index (Phi) is 4.84. The normalized spacial score (nSPS) is 10.5. The van der Waals surface area contributed by atoms with Crippen LogP contribution in [0.25, 0.3) is 0 Å². The van der Waals surface area contributed by atoms with Crippen LogP contribution in [0.4, 0.5) is 5.13 Å². The lowest BCUT2D eigenvalue weighted by atomic mass is 10.4. The summed E-state index contributed by atoms with van der Waals surface area (Å²) in [6.45, 7) is 1.80. The third-order valence-corrected chi connectivity index (χ3v) is 5.00. The zero-order valence-corrected chi connectivity index (χ0v) is 13.5. The average molecular weight is 376 g/mol. The van der Waals surface area contributed by atoms with E-state index in [1.807, 2.05) is 0 Å². The van der Waals surface area contributed by atoms with E-state index in [9.17, 15) is 9.59 Å². The Balaban J connectivity index is 2.05. The Bertz CT molecular complexity index is 653. The molecule has 9 heteroatoms. The number of carbonyl (C=O) groups excluding carboxylic acids is 2. The number of primary amides is 1. The number of amides is 2. The summed E-state index contributed by atoms with van der Waals surface area (Å²) < 4.78 is 6.48. The monoisotopic (exact) mass is 375 g/mol. The molecule has 0 aliphatic heterocycles. The van der Waals surface area contributed by atoms with E-state index in [-0.39, 0.29) is 17.4 Å². The maximum absolute atomic E-state index is 11.9. The molecule has 2 rings (SSSR count). The molecule has 2 aromatic heterocycles. The molecule has 2 heterocycles. The van der Waals surface area contributed by atoms with Crippen LogP contribution in [0.3, 0.4) is 0 Å². The van der Waals surface area contributed by atoms with Crippen LogP contribution in [0, 0.1) is 6.92 Å². The number of thioether (sulfide) groups is 1. The second-order valence-corrected chi connectivity index (χ2v) is 6.73. The largest absolute Gasteiger partial charge is 0.444 e. The molecule has 106 valence electrons. The molecule has 0 aliphatic carbocycles. The summed E-state index contributed by atoms with van der Waals surface area (Å²) in [5, 5.41) is 3.10. The Hall–Kier alpha value is -1.32. The van der Waals surface area contributed by atoms with Gasteiger partial charge in [-0.15, -0.1) is 11.8 Å². The van der Waals surface area contributed by atoms with Crippen LogP contribution in [0.5, 0.6) is 0 Å². The first kappa shape index (κ1) is 15.1. The Morgan fingerprint density at radius 3 is 2.90 bits per heavy atom. The number of aryl methyl sites for hydroxylation is 1. The average Bonchev–Trinajstić information content (AvgIpc) is 2.93. The van der Waals surface area contributed by atoms with Crippen LogP contribution < -0.4 is 11.1 Å². The van der Waals surface area contributed by atoms with Gasteiger partial charge in [0.2, 0.25) is 5.91 Å². The lowest BCUT2D eigenvalue weighted by Gasteiger charge is -1.97. The zero-order valence-electron chi connectivity index (χ0n) is 10.3. The second-order valence-electron chi connectivity index (χ2n) is 3.70. The minimum Gasteiger partial charge on any atom is -0.444 e. The number of nitrogens with one attached hydrogen (secondary N) is 1. The topological polar surface area (TPSA) is 98.2 Å². The molecule has 0 saturated heterocycles. The van der Waals surface area contributed by atoms with Gasteiger partial charge >= 0.3 is 0 Å². The summed E-state index contributed by atoms with van der Waals surface area (Å²) in [5.41, 5.74) is 5.84. The zero-order chi connectivity index (χ0) is 14.7. The molecule has 0 aliphatic rings. The maximum atomic E-state index is 11.9. The second kappa shape index (κ2) is 6.42. The Labute approximate surface area is 131 Å². The van der Waals surface area contributed by atoms with E-state index in [4.69, 9.17) is 10.2 Å². The molecule has 0 aromatic carbocycles. The van der Waals surface area contributed by atoms with Crippen molar-refractivity contribution in [2.75, 3.05) is 11.1 Å². The van der Waals surface area contributed by atoms with Crippen LogP contribution >= 0.6 is 39.0 Å². The molecule has 0 unspecified atom stereocenters. The van der Waals surface area contributed by atoms with Crippen molar-refractivity contribution in [2.45, 2.75) is 11.1 Å². The number of anilines is 1. The van der Waals surface area contributed by atoms with Gasteiger partial charge in [-0.25, -0.2) is 4.98 Å². The fraction of sp³-hybridized carbons (Fsp3) is 0.182. The van der Waals surface area contributed by atoms with Crippen molar-refractivity contribution >= 4 is 56.0 Å². The number of nitrogens with two attached hydrogens (primary N) is 1. The molecule has 0 radical (unpaired) electrons. The molecule has 0 fully saturated rings. The van der Waals surface area contributed by atoms with Crippen LogP contribution in [-0.2, 0) is 4.79 Å². The highest BCUT2D eigenvalue weighted by Crippen LogP contribution is 2.32. The van der Waals surface area contributed by atoms with E-state index < -0.39 is 5.91 Å². The molecule has 3 N–H and O–H groups in total. The van der Waals surface area contributed by atoms with E-state index in [1.165, 1.54) is 23.1 Å². The van der Waals surface area contributed by atoms with Crippen LogP contribution in [0.15, 0.2) is 25.4 Å². The van der Waals surface area contributed by atoms with Gasteiger partial charge in [-0.2, -0.15) is 0 Å². The highest BCUT2D eigenvalue weighted by Gasteiger charge is 2.15. The van der Waals surface area contributed by atoms with Gasteiger partial charge in [-0.1, -0.05) is 11.3 Å². The smallest absolute Gasteiger partial charge is 0.293 e. The highest BCUT2D eigenvalue weighted by atomic mass is 79.9. The van der Waals surface area contributed by atoms with Gasteiger partial charge in [-0.3, -0.25) is 14.9 Å². The number of hydrogen-bond acceptors (Lipinski definition) is 6.